The molecule has 1 fully saturated rings. The van der Waals surface area contributed by atoms with E-state index in [0.717, 1.165) is 24.5 Å². The van der Waals surface area contributed by atoms with Gasteiger partial charge in [0.25, 0.3) is 0 Å². The van der Waals surface area contributed by atoms with Gasteiger partial charge in [-0.25, -0.2) is 0 Å². The zero-order valence-electron chi connectivity index (χ0n) is 10.9. The quantitative estimate of drug-likeness (QED) is 0.873. The number of nitrogens with one attached hydrogen (secondary N) is 1. The fourth-order valence-corrected chi connectivity index (χ4v) is 2.70. The lowest BCUT2D eigenvalue weighted by Gasteiger charge is -2.39. The highest BCUT2D eigenvalue weighted by Crippen LogP contribution is 2.14. The number of hydrogen-bond donors (Lipinski definition) is 2. The minimum atomic E-state index is -0.293. The Hall–Kier alpha value is -0.610. The van der Waals surface area contributed by atoms with Crippen LogP contribution in [0.5, 0.6) is 0 Å². The molecule has 0 radical (unpaired) electrons. The zero-order chi connectivity index (χ0) is 13.1. The van der Waals surface area contributed by atoms with Crippen LogP contribution in [0.2, 0.25) is 5.02 Å². The number of nitrogens with zero attached hydrogens (tertiary/aromatic N) is 1. The van der Waals surface area contributed by atoms with E-state index in [1.807, 2.05) is 19.1 Å². The lowest BCUT2D eigenvalue weighted by Crippen LogP contribution is -2.58. The number of rotatable bonds is 3. The summed E-state index contributed by atoms with van der Waals surface area (Å²) in [5, 5.41) is 13.9. The van der Waals surface area contributed by atoms with E-state index < -0.39 is 0 Å². The molecule has 0 aliphatic carbocycles. The first kappa shape index (κ1) is 13.8. The average molecular weight is 269 g/mol. The summed E-state index contributed by atoms with van der Waals surface area (Å²) in [6, 6.07) is 8.66. The van der Waals surface area contributed by atoms with Gasteiger partial charge in [0.05, 0.1) is 6.10 Å². The summed E-state index contributed by atoms with van der Waals surface area (Å²) in [5.74, 6) is 0. The van der Waals surface area contributed by atoms with E-state index in [1.165, 1.54) is 5.56 Å². The minimum absolute atomic E-state index is 0.214. The maximum atomic E-state index is 9.66. The third-order valence-electron chi connectivity index (χ3n) is 3.64. The van der Waals surface area contributed by atoms with Crippen LogP contribution in [0.4, 0.5) is 0 Å². The second kappa shape index (κ2) is 6.02. The van der Waals surface area contributed by atoms with Gasteiger partial charge in [0.15, 0.2) is 0 Å². The molecule has 0 spiro atoms. The number of piperazine rings is 1. The Labute approximate surface area is 114 Å². The van der Waals surface area contributed by atoms with Crippen molar-refractivity contribution in [1.29, 1.82) is 0 Å². The van der Waals surface area contributed by atoms with Crippen molar-refractivity contribution in [3.63, 3.8) is 0 Å². The number of halogens is 1. The van der Waals surface area contributed by atoms with E-state index in [0.29, 0.717) is 6.04 Å². The SMILES string of the molecule is C[C@H](O)[C@H]1CN[C@@H](Cc2ccc(Cl)cc2)CN1C. The standard InChI is InChI=1S/C14H21ClN2O/c1-10(18)14-8-16-13(9-17(14)2)7-11-3-5-12(15)6-4-11/h3-6,10,13-14,16,18H,7-9H2,1-2H3/t10-,13-,14+/m0/s1. The summed E-state index contributed by atoms with van der Waals surface area (Å²) < 4.78 is 0. The average Bonchev–Trinajstić information content (AvgIpc) is 2.32. The van der Waals surface area contributed by atoms with E-state index in [9.17, 15) is 5.11 Å². The molecule has 2 rings (SSSR count). The fourth-order valence-electron chi connectivity index (χ4n) is 2.57. The van der Waals surface area contributed by atoms with Crippen molar-refractivity contribution in [3.05, 3.63) is 34.9 Å². The smallest absolute Gasteiger partial charge is 0.0679 e. The Morgan fingerprint density at radius 1 is 1.44 bits per heavy atom. The maximum Gasteiger partial charge on any atom is 0.0679 e. The Kier molecular flexibility index (Phi) is 4.62. The van der Waals surface area contributed by atoms with Crippen LogP contribution in [0.3, 0.4) is 0 Å². The molecule has 1 saturated heterocycles. The van der Waals surface area contributed by atoms with Crippen molar-refractivity contribution < 1.29 is 5.11 Å². The van der Waals surface area contributed by atoms with Crippen LogP contribution < -0.4 is 5.32 Å². The maximum absolute atomic E-state index is 9.66. The first-order valence-corrected chi connectivity index (χ1v) is 6.80. The van der Waals surface area contributed by atoms with Crippen LogP contribution in [0.1, 0.15) is 12.5 Å². The molecular formula is C14H21ClN2O. The summed E-state index contributed by atoms with van der Waals surface area (Å²) in [5.41, 5.74) is 1.29. The van der Waals surface area contributed by atoms with Gasteiger partial charge >= 0.3 is 0 Å². The molecule has 0 amide bonds. The van der Waals surface area contributed by atoms with Gasteiger partial charge < -0.3 is 10.4 Å². The predicted octanol–water partition coefficient (Wildman–Crippen LogP) is 1.54. The fraction of sp³-hybridized carbons (Fsp3) is 0.571. The highest BCUT2D eigenvalue weighted by molar-refractivity contribution is 6.30. The molecule has 3 nitrogen and oxygen atoms in total. The van der Waals surface area contributed by atoms with E-state index in [1.54, 1.807) is 0 Å². The second-order valence-corrected chi connectivity index (χ2v) is 5.62. The Morgan fingerprint density at radius 3 is 2.67 bits per heavy atom. The molecule has 0 saturated carbocycles. The number of aliphatic hydroxyl groups is 1. The van der Waals surface area contributed by atoms with Gasteiger partial charge in [-0.3, -0.25) is 4.90 Å². The van der Waals surface area contributed by atoms with E-state index >= 15 is 0 Å². The Morgan fingerprint density at radius 2 is 2.11 bits per heavy atom. The molecule has 0 unspecified atom stereocenters. The summed E-state index contributed by atoms with van der Waals surface area (Å²) in [7, 11) is 2.08. The molecule has 2 N–H and O–H groups in total. The molecule has 1 aliphatic rings. The molecule has 1 aromatic carbocycles. The van der Waals surface area contributed by atoms with Crippen molar-refractivity contribution in [2.45, 2.75) is 31.5 Å². The van der Waals surface area contributed by atoms with Crippen LogP contribution in [0.15, 0.2) is 24.3 Å². The van der Waals surface area contributed by atoms with Gasteiger partial charge in [-0.1, -0.05) is 23.7 Å². The van der Waals surface area contributed by atoms with Gasteiger partial charge in [0.1, 0.15) is 0 Å². The van der Waals surface area contributed by atoms with Crippen LogP contribution in [0.25, 0.3) is 0 Å². The van der Waals surface area contributed by atoms with Gasteiger partial charge in [0, 0.05) is 30.2 Å². The highest BCUT2D eigenvalue weighted by Gasteiger charge is 2.27. The molecule has 0 aromatic heterocycles. The number of likely N-dealkylation sites (N-methyl/N-ethyl adjacent to an activating group) is 1. The monoisotopic (exact) mass is 268 g/mol. The summed E-state index contributed by atoms with van der Waals surface area (Å²) in [6.45, 7) is 3.65. The molecule has 1 heterocycles. The van der Waals surface area contributed by atoms with E-state index in [-0.39, 0.29) is 12.1 Å². The molecule has 1 aromatic rings. The Bertz CT molecular complexity index is 380. The summed E-state index contributed by atoms with van der Waals surface area (Å²) in [4.78, 5) is 2.24. The molecule has 18 heavy (non-hydrogen) atoms. The molecule has 100 valence electrons. The first-order valence-electron chi connectivity index (χ1n) is 6.42. The second-order valence-electron chi connectivity index (χ2n) is 5.18. The van der Waals surface area contributed by atoms with Crippen molar-refractivity contribution in [1.82, 2.24) is 10.2 Å². The first-order chi connectivity index (χ1) is 8.56. The van der Waals surface area contributed by atoms with Crippen LogP contribution >= 0.6 is 11.6 Å². The molecule has 1 aliphatic heterocycles. The number of aliphatic hydroxyl groups excluding tert-OH is 1. The van der Waals surface area contributed by atoms with Crippen molar-refractivity contribution >= 4 is 11.6 Å². The molecule has 4 heteroatoms. The van der Waals surface area contributed by atoms with E-state index in [4.69, 9.17) is 11.6 Å². The third kappa shape index (κ3) is 3.45. The van der Waals surface area contributed by atoms with Crippen molar-refractivity contribution in [3.8, 4) is 0 Å². The topological polar surface area (TPSA) is 35.5 Å². The van der Waals surface area contributed by atoms with E-state index in [2.05, 4.69) is 29.4 Å². The number of benzene rings is 1. The largest absolute Gasteiger partial charge is 0.392 e. The lowest BCUT2D eigenvalue weighted by atomic mass is 10.0. The van der Waals surface area contributed by atoms with Crippen molar-refractivity contribution in [2.24, 2.45) is 0 Å². The van der Waals surface area contributed by atoms with Gasteiger partial charge in [-0.15, -0.1) is 0 Å². The lowest BCUT2D eigenvalue weighted by molar-refractivity contribution is 0.0483. The Balaban J connectivity index is 1.91. The molecule has 3 atom stereocenters. The van der Waals surface area contributed by atoms with Crippen molar-refractivity contribution in [2.75, 3.05) is 20.1 Å². The predicted molar refractivity (Wildman–Crippen MR) is 75.0 cm³/mol. The van der Waals surface area contributed by atoms with Crippen LogP contribution in [-0.4, -0.2) is 48.3 Å². The van der Waals surface area contributed by atoms with Crippen LogP contribution in [0, 0.1) is 0 Å². The van der Waals surface area contributed by atoms with Gasteiger partial charge in [-0.05, 0) is 38.1 Å². The van der Waals surface area contributed by atoms with Gasteiger partial charge in [0.2, 0.25) is 0 Å². The number of hydrogen-bond acceptors (Lipinski definition) is 3. The normalized spacial score (nSPS) is 27.1. The third-order valence-corrected chi connectivity index (χ3v) is 3.89. The molecule has 0 bridgehead atoms. The van der Waals surface area contributed by atoms with Gasteiger partial charge in [-0.2, -0.15) is 0 Å². The minimum Gasteiger partial charge on any atom is -0.392 e. The van der Waals surface area contributed by atoms with Crippen LogP contribution in [-0.2, 0) is 6.42 Å². The zero-order valence-corrected chi connectivity index (χ0v) is 11.7. The summed E-state index contributed by atoms with van der Waals surface area (Å²) in [6.07, 6.45) is 0.701. The molecular weight excluding hydrogens is 248 g/mol. The highest BCUT2D eigenvalue weighted by atomic mass is 35.5. The summed E-state index contributed by atoms with van der Waals surface area (Å²) >= 11 is 5.88.